The molecule has 4 fully saturated rings. The number of rotatable bonds is 4. The highest BCUT2D eigenvalue weighted by molar-refractivity contribution is 5.54. The molecular formula is C22H20F3N5O3. The zero-order valence-electron chi connectivity index (χ0n) is 17.5. The van der Waals surface area contributed by atoms with Gasteiger partial charge in [-0.25, -0.2) is 0 Å². The molecule has 2 unspecified atom stereocenters. The van der Waals surface area contributed by atoms with E-state index in [0.717, 1.165) is 44.2 Å². The Bertz CT molecular complexity index is 1240. The fourth-order valence-corrected chi connectivity index (χ4v) is 6.78. The summed E-state index contributed by atoms with van der Waals surface area (Å²) in [5.74, 6) is 1.31. The van der Waals surface area contributed by atoms with Crippen LogP contribution in [0.4, 0.5) is 18.9 Å². The summed E-state index contributed by atoms with van der Waals surface area (Å²) < 4.78 is 47.2. The van der Waals surface area contributed by atoms with Gasteiger partial charge in [0, 0.05) is 5.56 Å². The van der Waals surface area contributed by atoms with Gasteiger partial charge in [0.1, 0.15) is 12.4 Å². The molecule has 2 heterocycles. The van der Waals surface area contributed by atoms with Crippen molar-refractivity contribution in [2.75, 3.05) is 0 Å². The third-order valence-electron chi connectivity index (χ3n) is 7.61. The average Bonchev–Trinajstić information content (AvgIpc) is 3.43. The minimum atomic E-state index is -4.46. The SMILES string of the molecule is O=[N+]([O-])c1cnn(C23CC4CC(CC(c5nnc(-c6cccc(C(F)(F)F)c6)o5)(C4)C2)C3)c1. The third-order valence-corrected chi connectivity index (χ3v) is 7.61. The van der Waals surface area contributed by atoms with Crippen molar-refractivity contribution >= 4 is 5.69 Å². The van der Waals surface area contributed by atoms with Gasteiger partial charge in [-0.15, -0.1) is 10.2 Å². The van der Waals surface area contributed by atoms with E-state index in [1.54, 1.807) is 4.68 Å². The van der Waals surface area contributed by atoms with Crippen molar-refractivity contribution in [1.29, 1.82) is 0 Å². The maximum Gasteiger partial charge on any atom is 0.416 e. The number of nitro groups is 1. The maximum atomic E-state index is 13.1. The highest BCUT2D eigenvalue weighted by Gasteiger charge is 2.61. The van der Waals surface area contributed by atoms with Gasteiger partial charge in [0.25, 0.3) is 0 Å². The Morgan fingerprint density at radius 1 is 1.15 bits per heavy atom. The van der Waals surface area contributed by atoms with Gasteiger partial charge in [0.15, 0.2) is 0 Å². The first-order valence-electron chi connectivity index (χ1n) is 10.9. The van der Waals surface area contributed by atoms with E-state index in [2.05, 4.69) is 15.3 Å². The van der Waals surface area contributed by atoms with E-state index >= 15 is 0 Å². The predicted octanol–water partition coefficient (Wildman–Crippen LogP) is 5.11. The Hall–Kier alpha value is -3.24. The summed E-state index contributed by atoms with van der Waals surface area (Å²) >= 11 is 0. The molecule has 0 N–H and O–H groups in total. The van der Waals surface area contributed by atoms with Crippen LogP contribution in [-0.4, -0.2) is 24.9 Å². The molecule has 0 amide bonds. The van der Waals surface area contributed by atoms with Crippen LogP contribution in [-0.2, 0) is 17.1 Å². The van der Waals surface area contributed by atoms with Crippen LogP contribution in [0.25, 0.3) is 11.5 Å². The second-order valence-corrected chi connectivity index (χ2v) is 9.86. The first kappa shape index (κ1) is 20.4. The number of halogens is 3. The van der Waals surface area contributed by atoms with Gasteiger partial charge in [0.05, 0.1) is 21.4 Å². The lowest BCUT2D eigenvalue weighted by molar-refractivity contribution is -0.385. The fraction of sp³-hybridized carbons (Fsp3) is 0.500. The van der Waals surface area contributed by atoms with Gasteiger partial charge in [-0.05, 0) is 68.6 Å². The number of nitrogens with zero attached hydrogens (tertiary/aromatic N) is 5. The summed E-state index contributed by atoms with van der Waals surface area (Å²) in [5.41, 5.74) is -1.34. The third kappa shape index (κ3) is 3.16. The number of hydrogen-bond donors (Lipinski definition) is 0. The minimum absolute atomic E-state index is 0.0376. The highest BCUT2D eigenvalue weighted by Crippen LogP contribution is 2.64. The summed E-state index contributed by atoms with van der Waals surface area (Å²) in [4.78, 5) is 10.8. The smallest absolute Gasteiger partial charge is 0.416 e. The van der Waals surface area contributed by atoms with E-state index in [4.69, 9.17) is 4.42 Å². The van der Waals surface area contributed by atoms with E-state index in [1.165, 1.54) is 24.5 Å². The lowest BCUT2D eigenvalue weighted by Gasteiger charge is -2.60. The molecule has 8 nitrogen and oxygen atoms in total. The van der Waals surface area contributed by atoms with E-state index < -0.39 is 22.1 Å². The quantitative estimate of drug-likeness (QED) is 0.397. The molecule has 4 aliphatic rings. The highest BCUT2D eigenvalue weighted by atomic mass is 19.4. The van der Waals surface area contributed by atoms with Crippen molar-refractivity contribution < 1.29 is 22.5 Å². The molecule has 2 atom stereocenters. The molecule has 1 aromatic carbocycles. The number of alkyl halides is 3. The number of benzene rings is 1. The van der Waals surface area contributed by atoms with Gasteiger partial charge in [-0.3, -0.25) is 14.8 Å². The molecule has 4 saturated carbocycles. The number of aromatic nitrogens is 4. The first-order chi connectivity index (χ1) is 15.7. The van der Waals surface area contributed by atoms with Crippen molar-refractivity contribution in [3.05, 3.63) is 58.2 Å². The van der Waals surface area contributed by atoms with Crippen LogP contribution in [0.3, 0.4) is 0 Å². The Kier molecular flexibility index (Phi) is 4.10. The van der Waals surface area contributed by atoms with Crippen LogP contribution in [0, 0.1) is 22.0 Å². The normalized spacial score (nSPS) is 30.6. The molecule has 4 aliphatic carbocycles. The molecule has 11 heteroatoms. The van der Waals surface area contributed by atoms with E-state index in [1.807, 2.05) is 0 Å². The van der Waals surface area contributed by atoms with E-state index in [9.17, 15) is 23.3 Å². The van der Waals surface area contributed by atoms with Gasteiger partial charge in [-0.1, -0.05) is 6.07 Å². The van der Waals surface area contributed by atoms with Crippen molar-refractivity contribution in [2.24, 2.45) is 11.8 Å². The standard InChI is InChI=1S/C22H20F3N5O3/c23-22(24,25)16-3-1-2-15(5-16)18-27-28-19(33-18)20-6-13-4-14(7-20)9-21(8-13,12-20)29-11-17(10-26-29)30(31)32/h1-3,5,10-11,13-14H,4,6-9,12H2. The summed E-state index contributed by atoms with van der Waals surface area (Å²) in [5, 5.41) is 23.9. The largest absolute Gasteiger partial charge is 0.420 e. The summed E-state index contributed by atoms with van der Waals surface area (Å²) in [7, 11) is 0. The van der Waals surface area contributed by atoms with Gasteiger partial charge < -0.3 is 4.42 Å². The molecule has 0 saturated heterocycles. The van der Waals surface area contributed by atoms with Crippen LogP contribution < -0.4 is 0 Å². The van der Waals surface area contributed by atoms with Crippen molar-refractivity contribution in [3.63, 3.8) is 0 Å². The van der Waals surface area contributed by atoms with Crippen molar-refractivity contribution in [3.8, 4) is 11.5 Å². The molecule has 3 aromatic rings. The molecular weight excluding hydrogens is 439 g/mol. The Balaban J connectivity index is 1.36. The van der Waals surface area contributed by atoms with Crippen LogP contribution in [0.15, 0.2) is 41.1 Å². The van der Waals surface area contributed by atoms with Crippen LogP contribution in [0.2, 0.25) is 0 Å². The molecule has 0 aliphatic heterocycles. The molecule has 33 heavy (non-hydrogen) atoms. The molecule has 2 aromatic heterocycles. The summed E-state index contributed by atoms with van der Waals surface area (Å²) in [6.45, 7) is 0. The zero-order chi connectivity index (χ0) is 23.0. The van der Waals surface area contributed by atoms with E-state index in [-0.39, 0.29) is 22.7 Å². The van der Waals surface area contributed by atoms with Crippen LogP contribution in [0.5, 0.6) is 0 Å². The second kappa shape index (κ2) is 6.64. The molecule has 172 valence electrons. The molecule has 0 spiro atoms. The topological polar surface area (TPSA) is 99.9 Å². The lowest BCUT2D eigenvalue weighted by atomic mass is 9.47. The van der Waals surface area contributed by atoms with Crippen molar-refractivity contribution in [2.45, 2.75) is 55.7 Å². The van der Waals surface area contributed by atoms with Gasteiger partial charge >= 0.3 is 11.9 Å². The number of hydrogen-bond acceptors (Lipinski definition) is 6. The average molecular weight is 459 g/mol. The van der Waals surface area contributed by atoms with Gasteiger partial charge in [-0.2, -0.15) is 18.3 Å². The minimum Gasteiger partial charge on any atom is -0.420 e. The second-order valence-electron chi connectivity index (χ2n) is 9.86. The van der Waals surface area contributed by atoms with E-state index in [0.29, 0.717) is 24.1 Å². The van der Waals surface area contributed by atoms with Gasteiger partial charge in [0.2, 0.25) is 11.8 Å². The monoisotopic (exact) mass is 459 g/mol. The fourth-order valence-electron chi connectivity index (χ4n) is 6.78. The Morgan fingerprint density at radius 2 is 1.91 bits per heavy atom. The predicted molar refractivity (Wildman–Crippen MR) is 108 cm³/mol. The van der Waals surface area contributed by atoms with Crippen LogP contribution in [0.1, 0.15) is 50.0 Å². The maximum absolute atomic E-state index is 13.1. The summed E-state index contributed by atoms with van der Waals surface area (Å²) in [6, 6.07) is 4.87. The first-order valence-corrected chi connectivity index (χ1v) is 10.9. The molecule has 0 radical (unpaired) electrons. The molecule has 4 bridgehead atoms. The summed E-state index contributed by atoms with van der Waals surface area (Å²) in [6.07, 6.45) is 3.57. The Labute approximate surface area is 186 Å². The van der Waals surface area contributed by atoms with Crippen molar-refractivity contribution in [1.82, 2.24) is 20.0 Å². The zero-order valence-corrected chi connectivity index (χ0v) is 17.5. The lowest BCUT2D eigenvalue weighted by Crippen LogP contribution is -2.58. The molecule has 7 rings (SSSR count). The van der Waals surface area contributed by atoms with Crippen LogP contribution >= 0.6 is 0 Å². The Morgan fingerprint density at radius 3 is 2.58 bits per heavy atom.